The lowest BCUT2D eigenvalue weighted by atomic mass is 9.98. The van der Waals surface area contributed by atoms with Crippen LogP contribution in [0.3, 0.4) is 0 Å². The standard InChI is InChI=1S/C13H22N4O/c1-4-11(14)13(10-6-5-7-16-8-10)17(3)9-12(18)15-2/h5-8,11,13H,4,9,14H2,1-3H3,(H,15,18). The lowest BCUT2D eigenvalue weighted by Gasteiger charge is -2.31. The molecular formula is C13H22N4O. The third kappa shape index (κ3) is 3.78. The molecule has 18 heavy (non-hydrogen) atoms. The van der Waals surface area contributed by atoms with E-state index < -0.39 is 0 Å². The summed E-state index contributed by atoms with van der Waals surface area (Å²) in [6, 6.07) is 3.86. The number of nitrogens with one attached hydrogen (secondary N) is 1. The van der Waals surface area contributed by atoms with Crippen LogP contribution in [-0.4, -0.2) is 42.5 Å². The maximum atomic E-state index is 11.5. The second kappa shape index (κ2) is 7.08. The summed E-state index contributed by atoms with van der Waals surface area (Å²) in [5.41, 5.74) is 7.21. The smallest absolute Gasteiger partial charge is 0.233 e. The molecule has 0 bridgehead atoms. The molecule has 0 fully saturated rings. The van der Waals surface area contributed by atoms with Crippen LogP contribution in [0.2, 0.25) is 0 Å². The van der Waals surface area contributed by atoms with Crippen LogP contribution >= 0.6 is 0 Å². The Morgan fingerprint density at radius 3 is 2.83 bits per heavy atom. The molecule has 1 rings (SSSR count). The fraction of sp³-hybridized carbons (Fsp3) is 0.538. The van der Waals surface area contributed by atoms with E-state index in [1.807, 2.05) is 31.0 Å². The molecule has 0 aliphatic rings. The van der Waals surface area contributed by atoms with Gasteiger partial charge in [0.25, 0.3) is 0 Å². The SMILES string of the molecule is CCC(N)C(c1cccnc1)N(C)CC(=O)NC. The minimum Gasteiger partial charge on any atom is -0.358 e. The van der Waals surface area contributed by atoms with Gasteiger partial charge in [-0.25, -0.2) is 0 Å². The first kappa shape index (κ1) is 14.6. The quantitative estimate of drug-likeness (QED) is 0.773. The Hall–Kier alpha value is -1.46. The van der Waals surface area contributed by atoms with Crippen LogP contribution in [0.1, 0.15) is 24.9 Å². The third-order valence-corrected chi connectivity index (χ3v) is 3.05. The molecule has 2 atom stereocenters. The summed E-state index contributed by atoms with van der Waals surface area (Å²) in [6.07, 6.45) is 4.38. The molecule has 1 aromatic rings. The molecule has 3 N–H and O–H groups in total. The van der Waals surface area contributed by atoms with Crippen LogP contribution in [0.5, 0.6) is 0 Å². The predicted molar refractivity (Wildman–Crippen MR) is 71.9 cm³/mol. The molecule has 1 heterocycles. The second-order valence-corrected chi connectivity index (χ2v) is 4.39. The summed E-state index contributed by atoms with van der Waals surface area (Å²) >= 11 is 0. The molecule has 0 radical (unpaired) electrons. The monoisotopic (exact) mass is 250 g/mol. The summed E-state index contributed by atoms with van der Waals surface area (Å²) in [6.45, 7) is 2.37. The molecular weight excluding hydrogens is 228 g/mol. The molecule has 0 spiro atoms. The molecule has 0 saturated heterocycles. The van der Waals surface area contributed by atoms with E-state index in [1.165, 1.54) is 0 Å². The van der Waals surface area contributed by atoms with Crippen molar-refractivity contribution in [2.45, 2.75) is 25.4 Å². The largest absolute Gasteiger partial charge is 0.358 e. The van der Waals surface area contributed by atoms with Crippen LogP contribution in [0.4, 0.5) is 0 Å². The Labute approximate surface area is 108 Å². The van der Waals surface area contributed by atoms with Gasteiger partial charge in [-0.15, -0.1) is 0 Å². The van der Waals surface area contributed by atoms with Crippen LogP contribution in [0, 0.1) is 0 Å². The minimum absolute atomic E-state index is 0.000926. The Kier molecular flexibility index (Phi) is 5.74. The van der Waals surface area contributed by atoms with E-state index >= 15 is 0 Å². The minimum atomic E-state index is -0.0242. The van der Waals surface area contributed by atoms with Crippen LogP contribution in [-0.2, 0) is 4.79 Å². The maximum absolute atomic E-state index is 11.5. The van der Waals surface area contributed by atoms with Crippen molar-refractivity contribution in [1.82, 2.24) is 15.2 Å². The first-order chi connectivity index (χ1) is 8.60. The average Bonchev–Trinajstić information content (AvgIpc) is 2.39. The number of aromatic nitrogens is 1. The van der Waals surface area contributed by atoms with Gasteiger partial charge in [0.15, 0.2) is 0 Å². The van der Waals surface area contributed by atoms with Gasteiger partial charge in [0.2, 0.25) is 5.91 Å². The van der Waals surface area contributed by atoms with Gasteiger partial charge >= 0.3 is 0 Å². The van der Waals surface area contributed by atoms with E-state index in [0.29, 0.717) is 6.54 Å². The first-order valence-corrected chi connectivity index (χ1v) is 6.16. The highest BCUT2D eigenvalue weighted by atomic mass is 16.1. The second-order valence-electron chi connectivity index (χ2n) is 4.39. The number of nitrogens with zero attached hydrogens (tertiary/aromatic N) is 2. The molecule has 2 unspecified atom stereocenters. The summed E-state index contributed by atoms with van der Waals surface area (Å²) < 4.78 is 0. The molecule has 1 amide bonds. The molecule has 1 aromatic heterocycles. The fourth-order valence-electron chi connectivity index (χ4n) is 2.01. The van der Waals surface area contributed by atoms with Gasteiger partial charge < -0.3 is 11.1 Å². The van der Waals surface area contributed by atoms with Crippen molar-refractivity contribution >= 4 is 5.91 Å². The molecule has 0 saturated carbocycles. The summed E-state index contributed by atoms with van der Waals surface area (Å²) in [5.74, 6) is -0.0188. The molecule has 100 valence electrons. The van der Waals surface area contributed by atoms with Gasteiger partial charge in [-0.1, -0.05) is 13.0 Å². The Morgan fingerprint density at radius 1 is 1.61 bits per heavy atom. The van der Waals surface area contributed by atoms with E-state index in [0.717, 1.165) is 12.0 Å². The number of hydrogen-bond donors (Lipinski definition) is 2. The zero-order chi connectivity index (χ0) is 13.5. The van der Waals surface area contributed by atoms with Crippen LogP contribution in [0.15, 0.2) is 24.5 Å². The van der Waals surface area contributed by atoms with Crippen molar-refractivity contribution in [1.29, 1.82) is 0 Å². The third-order valence-electron chi connectivity index (χ3n) is 3.05. The first-order valence-electron chi connectivity index (χ1n) is 6.16. The number of amides is 1. The van der Waals surface area contributed by atoms with Gasteiger partial charge in [-0.05, 0) is 25.1 Å². The number of carbonyl (C=O) groups is 1. The predicted octanol–water partition coefficient (Wildman–Crippen LogP) is 0.538. The van der Waals surface area contributed by atoms with Gasteiger partial charge in [0.1, 0.15) is 0 Å². The van der Waals surface area contributed by atoms with E-state index in [-0.39, 0.29) is 18.0 Å². The lowest BCUT2D eigenvalue weighted by Crippen LogP contribution is -2.43. The van der Waals surface area contributed by atoms with E-state index in [4.69, 9.17) is 5.73 Å². The number of carbonyl (C=O) groups excluding carboxylic acids is 1. The number of pyridine rings is 1. The van der Waals surface area contributed by atoms with Gasteiger partial charge in [-0.2, -0.15) is 0 Å². The number of hydrogen-bond acceptors (Lipinski definition) is 4. The van der Waals surface area contributed by atoms with Gasteiger partial charge in [-0.3, -0.25) is 14.7 Å². The number of nitrogens with two attached hydrogens (primary N) is 1. The average molecular weight is 250 g/mol. The van der Waals surface area contributed by atoms with Crippen LogP contribution in [0.25, 0.3) is 0 Å². The molecule has 5 heteroatoms. The normalized spacial score (nSPS) is 14.3. The Morgan fingerprint density at radius 2 is 2.33 bits per heavy atom. The molecule has 5 nitrogen and oxygen atoms in total. The zero-order valence-electron chi connectivity index (χ0n) is 11.3. The Bertz CT molecular complexity index is 369. The molecule has 0 aliphatic heterocycles. The zero-order valence-corrected chi connectivity index (χ0v) is 11.3. The highest BCUT2D eigenvalue weighted by molar-refractivity contribution is 5.77. The van der Waals surface area contributed by atoms with Crippen molar-refractivity contribution in [3.8, 4) is 0 Å². The fourth-order valence-corrected chi connectivity index (χ4v) is 2.01. The topological polar surface area (TPSA) is 71.2 Å². The van der Waals surface area contributed by atoms with Gasteiger partial charge in [0, 0.05) is 25.5 Å². The van der Waals surface area contributed by atoms with Crippen LogP contribution < -0.4 is 11.1 Å². The summed E-state index contributed by atoms with van der Waals surface area (Å²) in [5, 5.41) is 2.62. The maximum Gasteiger partial charge on any atom is 0.233 e. The molecule has 0 aliphatic carbocycles. The van der Waals surface area contributed by atoms with E-state index in [1.54, 1.807) is 19.4 Å². The van der Waals surface area contributed by atoms with Crippen molar-refractivity contribution in [2.24, 2.45) is 5.73 Å². The Balaban J connectivity index is 2.88. The molecule has 0 aromatic carbocycles. The van der Waals surface area contributed by atoms with Crippen molar-refractivity contribution in [2.75, 3.05) is 20.6 Å². The number of likely N-dealkylation sites (N-methyl/N-ethyl adjacent to an activating group) is 2. The summed E-state index contributed by atoms with van der Waals surface area (Å²) in [7, 11) is 3.54. The van der Waals surface area contributed by atoms with E-state index in [9.17, 15) is 4.79 Å². The van der Waals surface area contributed by atoms with Crippen molar-refractivity contribution < 1.29 is 4.79 Å². The summed E-state index contributed by atoms with van der Waals surface area (Å²) in [4.78, 5) is 17.5. The lowest BCUT2D eigenvalue weighted by molar-refractivity contribution is -0.122. The van der Waals surface area contributed by atoms with E-state index in [2.05, 4.69) is 10.3 Å². The van der Waals surface area contributed by atoms with Gasteiger partial charge in [0.05, 0.1) is 12.6 Å². The number of rotatable bonds is 6. The highest BCUT2D eigenvalue weighted by Crippen LogP contribution is 2.22. The highest BCUT2D eigenvalue weighted by Gasteiger charge is 2.24. The van der Waals surface area contributed by atoms with Crippen molar-refractivity contribution in [3.05, 3.63) is 30.1 Å². The van der Waals surface area contributed by atoms with Crippen molar-refractivity contribution in [3.63, 3.8) is 0 Å².